The van der Waals surface area contributed by atoms with Gasteiger partial charge in [0.15, 0.2) is 0 Å². The Bertz CT molecular complexity index is 709. The van der Waals surface area contributed by atoms with Gasteiger partial charge in [-0.25, -0.2) is 0 Å². The third-order valence-corrected chi connectivity index (χ3v) is 3.73. The van der Waals surface area contributed by atoms with Gasteiger partial charge < -0.3 is 0 Å². The van der Waals surface area contributed by atoms with Crippen LogP contribution >= 0.6 is 0 Å². The van der Waals surface area contributed by atoms with Crippen LogP contribution in [0.2, 0.25) is 0 Å². The number of benzene rings is 1. The molecule has 1 fully saturated rings. The normalized spacial score (nSPS) is 19.1. The van der Waals surface area contributed by atoms with Crippen molar-refractivity contribution in [1.82, 2.24) is 9.88 Å². The number of para-hydroxylation sites is 1. The molecular formula is C16H16N2O2. The van der Waals surface area contributed by atoms with Crippen molar-refractivity contribution in [3.63, 3.8) is 0 Å². The number of aromatic nitrogens is 1. The van der Waals surface area contributed by atoms with Gasteiger partial charge in [-0.15, -0.1) is 0 Å². The largest absolute Gasteiger partial charge is 0.278 e. The average molecular weight is 268 g/mol. The molecule has 1 aromatic carbocycles. The third-order valence-electron chi connectivity index (χ3n) is 3.73. The van der Waals surface area contributed by atoms with Crippen molar-refractivity contribution in [2.45, 2.75) is 26.8 Å². The highest BCUT2D eigenvalue weighted by Gasteiger charge is 2.35. The van der Waals surface area contributed by atoms with Crippen LogP contribution in [0.25, 0.3) is 10.9 Å². The molecule has 0 aliphatic carbocycles. The molecule has 4 heteroatoms. The smallest absolute Gasteiger partial charge is 0.232 e. The molecule has 0 bridgehead atoms. The molecular weight excluding hydrogens is 252 g/mol. The maximum absolute atomic E-state index is 12.0. The number of carbonyl (C=O) groups is 2. The van der Waals surface area contributed by atoms with Crippen molar-refractivity contribution in [1.29, 1.82) is 0 Å². The lowest BCUT2D eigenvalue weighted by Gasteiger charge is -2.16. The Balaban J connectivity index is 2.03. The van der Waals surface area contributed by atoms with Gasteiger partial charge in [-0.2, -0.15) is 0 Å². The van der Waals surface area contributed by atoms with E-state index in [9.17, 15) is 9.59 Å². The highest BCUT2D eigenvalue weighted by atomic mass is 16.2. The van der Waals surface area contributed by atoms with E-state index < -0.39 is 0 Å². The van der Waals surface area contributed by atoms with Crippen LogP contribution in [-0.4, -0.2) is 21.7 Å². The molecule has 2 aromatic rings. The first-order valence-electron chi connectivity index (χ1n) is 6.75. The van der Waals surface area contributed by atoms with E-state index in [0.717, 1.165) is 22.2 Å². The van der Waals surface area contributed by atoms with Crippen molar-refractivity contribution in [3.8, 4) is 0 Å². The number of hydrogen-bond acceptors (Lipinski definition) is 3. The van der Waals surface area contributed by atoms with Crippen molar-refractivity contribution >= 4 is 22.7 Å². The van der Waals surface area contributed by atoms with Crippen LogP contribution in [-0.2, 0) is 16.1 Å². The molecule has 2 heterocycles. The monoisotopic (exact) mass is 268 g/mol. The van der Waals surface area contributed by atoms with E-state index in [1.807, 2.05) is 37.3 Å². The van der Waals surface area contributed by atoms with E-state index in [-0.39, 0.29) is 17.7 Å². The fourth-order valence-electron chi connectivity index (χ4n) is 2.71. The Hall–Kier alpha value is -2.23. The zero-order chi connectivity index (χ0) is 14.3. The first kappa shape index (κ1) is 12.8. The molecule has 0 radical (unpaired) electrons. The average Bonchev–Trinajstić information content (AvgIpc) is 2.65. The SMILES string of the molecule is Cc1cc(CN2C(=O)CC(C)C2=O)c2ccccc2n1. The summed E-state index contributed by atoms with van der Waals surface area (Å²) >= 11 is 0. The lowest BCUT2D eigenvalue weighted by atomic mass is 10.1. The second kappa shape index (κ2) is 4.71. The van der Waals surface area contributed by atoms with E-state index in [1.165, 1.54) is 4.90 Å². The van der Waals surface area contributed by atoms with Gasteiger partial charge in [-0.05, 0) is 24.6 Å². The summed E-state index contributed by atoms with van der Waals surface area (Å²) in [4.78, 5) is 29.8. The second-order valence-electron chi connectivity index (χ2n) is 5.36. The van der Waals surface area contributed by atoms with Crippen molar-refractivity contribution in [3.05, 3.63) is 41.6 Å². The molecule has 1 aromatic heterocycles. The molecule has 0 N–H and O–H groups in total. The molecule has 1 atom stereocenters. The molecule has 0 saturated carbocycles. The van der Waals surface area contributed by atoms with E-state index in [4.69, 9.17) is 0 Å². The Morgan fingerprint density at radius 1 is 1.30 bits per heavy atom. The first-order valence-corrected chi connectivity index (χ1v) is 6.75. The lowest BCUT2D eigenvalue weighted by molar-refractivity contribution is -0.139. The Morgan fingerprint density at radius 3 is 2.75 bits per heavy atom. The number of hydrogen-bond donors (Lipinski definition) is 0. The fraction of sp³-hybridized carbons (Fsp3) is 0.312. The van der Waals surface area contributed by atoms with E-state index in [1.54, 1.807) is 6.92 Å². The van der Waals surface area contributed by atoms with Crippen molar-refractivity contribution in [2.75, 3.05) is 0 Å². The van der Waals surface area contributed by atoms with Gasteiger partial charge in [-0.1, -0.05) is 25.1 Å². The summed E-state index contributed by atoms with van der Waals surface area (Å²) in [6.07, 6.45) is 0.320. The minimum absolute atomic E-state index is 0.0754. The number of likely N-dealkylation sites (tertiary alicyclic amines) is 1. The Morgan fingerprint density at radius 2 is 2.05 bits per heavy atom. The Kier molecular flexibility index (Phi) is 3.01. The highest BCUT2D eigenvalue weighted by molar-refractivity contribution is 6.03. The second-order valence-corrected chi connectivity index (χ2v) is 5.36. The summed E-state index contributed by atoms with van der Waals surface area (Å²) in [5.74, 6) is -0.355. The van der Waals surface area contributed by atoms with Gasteiger partial charge >= 0.3 is 0 Å². The minimum Gasteiger partial charge on any atom is -0.278 e. The molecule has 4 nitrogen and oxygen atoms in total. The van der Waals surface area contributed by atoms with E-state index in [2.05, 4.69) is 4.98 Å². The maximum atomic E-state index is 12.0. The molecule has 102 valence electrons. The lowest BCUT2D eigenvalue weighted by Crippen LogP contribution is -2.29. The molecule has 1 aliphatic rings. The number of rotatable bonds is 2. The summed E-state index contributed by atoms with van der Waals surface area (Å²) < 4.78 is 0. The molecule has 3 rings (SSSR count). The van der Waals surface area contributed by atoms with Gasteiger partial charge in [-0.3, -0.25) is 19.5 Å². The van der Waals surface area contributed by atoms with Crippen molar-refractivity contribution < 1.29 is 9.59 Å². The Labute approximate surface area is 117 Å². The van der Waals surface area contributed by atoms with Crippen LogP contribution in [0.5, 0.6) is 0 Å². The molecule has 1 aliphatic heterocycles. The molecule has 1 saturated heterocycles. The van der Waals surface area contributed by atoms with Gasteiger partial charge in [0.25, 0.3) is 0 Å². The van der Waals surface area contributed by atoms with Gasteiger partial charge in [0, 0.05) is 23.4 Å². The topological polar surface area (TPSA) is 50.3 Å². The number of fused-ring (bicyclic) bond motifs is 1. The zero-order valence-corrected chi connectivity index (χ0v) is 11.6. The number of imide groups is 1. The summed E-state index contributed by atoms with van der Waals surface area (Å²) in [6.45, 7) is 4.06. The highest BCUT2D eigenvalue weighted by Crippen LogP contribution is 2.25. The predicted octanol–water partition coefficient (Wildman–Crippen LogP) is 2.44. The van der Waals surface area contributed by atoms with Crippen LogP contribution in [0.3, 0.4) is 0 Å². The molecule has 2 amide bonds. The molecule has 1 unspecified atom stereocenters. The third kappa shape index (κ3) is 2.07. The van der Waals surface area contributed by atoms with Crippen molar-refractivity contribution in [2.24, 2.45) is 5.92 Å². The quantitative estimate of drug-likeness (QED) is 0.786. The number of carbonyl (C=O) groups excluding carboxylic acids is 2. The number of nitrogens with zero attached hydrogens (tertiary/aromatic N) is 2. The summed E-state index contributed by atoms with van der Waals surface area (Å²) in [7, 11) is 0. The van der Waals surface area contributed by atoms with Crippen LogP contribution < -0.4 is 0 Å². The fourth-order valence-corrected chi connectivity index (χ4v) is 2.71. The first-order chi connectivity index (χ1) is 9.56. The minimum atomic E-state index is -0.198. The van der Waals surface area contributed by atoms with Crippen LogP contribution in [0.1, 0.15) is 24.6 Å². The van der Waals surface area contributed by atoms with Crippen LogP contribution in [0.15, 0.2) is 30.3 Å². The van der Waals surface area contributed by atoms with Crippen LogP contribution in [0.4, 0.5) is 0 Å². The summed E-state index contributed by atoms with van der Waals surface area (Å²) in [6, 6.07) is 9.76. The van der Waals surface area contributed by atoms with E-state index >= 15 is 0 Å². The van der Waals surface area contributed by atoms with Crippen LogP contribution in [0, 0.1) is 12.8 Å². The number of pyridine rings is 1. The summed E-state index contributed by atoms with van der Waals surface area (Å²) in [5, 5.41) is 0.998. The van der Waals surface area contributed by atoms with Gasteiger partial charge in [0.1, 0.15) is 0 Å². The number of amides is 2. The number of aryl methyl sites for hydroxylation is 1. The summed E-state index contributed by atoms with van der Waals surface area (Å²) in [5.41, 5.74) is 2.77. The molecule has 20 heavy (non-hydrogen) atoms. The molecule has 0 spiro atoms. The van der Waals surface area contributed by atoms with E-state index in [0.29, 0.717) is 13.0 Å². The van der Waals surface area contributed by atoms with Gasteiger partial charge in [0.2, 0.25) is 11.8 Å². The maximum Gasteiger partial charge on any atom is 0.232 e. The zero-order valence-electron chi connectivity index (χ0n) is 11.6. The standard InChI is InChI=1S/C16H16N2O2/c1-10-7-15(19)18(16(10)20)9-12-8-11(2)17-14-6-4-3-5-13(12)14/h3-6,8,10H,7,9H2,1-2H3. The van der Waals surface area contributed by atoms with Gasteiger partial charge in [0.05, 0.1) is 12.1 Å². The predicted molar refractivity (Wildman–Crippen MR) is 75.8 cm³/mol.